The van der Waals surface area contributed by atoms with Gasteiger partial charge < -0.3 is 19.8 Å². The molecule has 0 rings (SSSR count). The van der Waals surface area contributed by atoms with Crippen LogP contribution in [0.4, 0.5) is 0 Å². The molecule has 3 atom stereocenters. The number of aliphatic hydroxyl groups is 1. The maximum absolute atomic E-state index is 13.0. The van der Waals surface area contributed by atoms with Gasteiger partial charge in [0.2, 0.25) is 5.91 Å². The molecule has 0 aliphatic rings. The van der Waals surface area contributed by atoms with E-state index in [0.29, 0.717) is 17.4 Å². The van der Waals surface area contributed by atoms with Crippen molar-refractivity contribution in [3.8, 4) is 0 Å². The summed E-state index contributed by atoms with van der Waals surface area (Å²) in [5, 5.41) is 14.0. The largest absolute Gasteiger partial charge is 0.472 e. The van der Waals surface area contributed by atoms with Crippen LogP contribution in [0.1, 0.15) is 284 Å². The molecule has 0 saturated heterocycles. The molecule has 0 bridgehead atoms. The van der Waals surface area contributed by atoms with Gasteiger partial charge in [0.05, 0.1) is 39.9 Å². The lowest BCUT2D eigenvalue weighted by Crippen LogP contribution is -2.45. The van der Waals surface area contributed by atoms with Gasteiger partial charge in [0.15, 0.2) is 0 Å². The number of phosphoric acid groups is 1. The van der Waals surface area contributed by atoms with Gasteiger partial charge in [-0.25, -0.2) is 4.57 Å². The van der Waals surface area contributed by atoms with Gasteiger partial charge in [0, 0.05) is 6.42 Å². The SMILES string of the molecule is CCCCCCC/C=C\C/C=C\C/C=C\CCCCCCCCC(=O)NC(COP(=O)(O)OCC[N+](C)(C)C)C(O)/C=C/CCCCCCCCCCCCCCCCCCCCCCCCCCC. The molecule has 0 heterocycles. The number of nitrogens with zero attached hydrogens (tertiary/aromatic N) is 1. The zero-order valence-electron chi connectivity index (χ0n) is 47.0. The Hall–Kier alpha value is -1.54. The van der Waals surface area contributed by atoms with E-state index in [4.69, 9.17) is 9.05 Å². The molecule has 1 amide bonds. The highest BCUT2D eigenvalue weighted by molar-refractivity contribution is 7.47. The predicted molar refractivity (Wildman–Crippen MR) is 304 cm³/mol. The summed E-state index contributed by atoms with van der Waals surface area (Å²) in [7, 11) is 1.57. The summed E-state index contributed by atoms with van der Waals surface area (Å²) in [6.45, 7) is 4.82. The highest BCUT2D eigenvalue weighted by Gasteiger charge is 2.27. The molecule has 0 aromatic rings. The Labute approximate surface area is 435 Å². The summed E-state index contributed by atoms with van der Waals surface area (Å²) in [5.74, 6) is -0.187. The van der Waals surface area contributed by atoms with Crippen LogP contribution in [0.3, 0.4) is 0 Å². The van der Waals surface area contributed by atoms with Crippen LogP contribution in [-0.4, -0.2) is 73.4 Å². The second kappa shape index (κ2) is 52.3. The van der Waals surface area contributed by atoms with Crippen molar-refractivity contribution in [1.29, 1.82) is 0 Å². The summed E-state index contributed by atoms with van der Waals surface area (Å²) in [5.41, 5.74) is 0. The van der Waals surface area contributed by atoms with Gasteiger partial charge in [-0.3, -0.25) is 13.8 Å². The van der Waals surface area contributed by atoms with E-state index in [2.05, 4.69) is 55.6 Å². The van der Waals surface area contributed by atoms with Crippen LogP contribution in [0, 0.1) is 0 Å². The molecule has 412 valence electrons. The molecule has 8 nitrogen and oxygen atoms in total. The minimum atomic E-state index is -4.35. The highest BCUT2D eigenvalue weighted by atomic mass is 31.2. The van der Waals surface area contributed by atoms with Crippen LogP contribution in [0.25, 0.3) is 0 Å². The van der Waals surface area contributed by atoms with Crippen molar-refractivity contribution in [2.75, 3.05) is 40.9 Å². The third-order valence-electron chi connectivity index (χ3n) is 13.5. The third kappa shape index (κ3) is 54.2. The van der Waals surface area contributed by atoms with E-state index >= 15 is 0 Å². The molecule has 0 spiro atoms. The average molecular weight is 1010 g/mol. The number of nitrogens with one attached hydrogen (secondary N) is 1. The van der Waals surface area contributed by atoms with E-state index in [1.165, 1.54) is 199 Å². The van der Waals surface area contributed by atoms with Gasteiger partial charge >= 0.3 is 7.82 Å². The summed E-state index contributed by atoms with van der Waals surface area (Å²) in [6.07, 6.45) is 69.3. The number of hydrogen-bond donors (Lipinski definition) is 3. The summed E-state index contributed by atoms with van der Waals surface area (Å²) < 4.78 is 23.7. The molecule has 70 heavy (non-hydrogen) atoms. The summed E-state index contributed by atoms with van der Waals surface area (Å²) in [4.78, 5) is 23.3. The predicted octanol–water partition coefficient (Wildman–Crippen LogP) is 18.3. The van der Waals surface area contributed by atoms with E-state index in [0.717, 1.165) is 64.2 Å². The Morgan fingerprint density at radius 3 is 1.19 bits per heavy atom. The maximum atomic E-state index is 13.0. The molecule has 3 unspecified atom stereocenters. The molecule has 0 radical (unpaired) electrons. The third-order valence-corrected chi connectivity index (χ3v) is 14.5. The number of likely N-dealkylation sites (N-methyl/N-ethyl adjacent to an activating group) is 1. The fourth-order valence-electron chi connectivity index (χ4n) is 8.82. The Morgan fingerprint density at radius 2 is 0.814 bits per heavy atom. The maximum Gasteiger partial charge on any atom is 0.472 e. The van der Waals surface area contributed by atoms with E-state index in [1.807, 2.05) is 27.2 Å². The van der Waals surface area contributed by atoms with Gasteiger partial charge in [0.1, 0.15) is 13.2 Å². The van der Waals surface area contributed by atoms with Crippen LogP contribution < -0.4 is 5.32 Å². The minimum absolute atomic E-state index is 0.0579. The average Bonchev–Trinajstić information content (AvgIpc) is 3.32. The molecule has 0 saturated carbocycles. The van der Waals surface area contributed by atoms with E-state index < -0.39 is 20.0 Å². The molecule has 0 aromatic carbocycles. The molecule has 0 aliphatic heterocycles. The van der Waals surface area contributed by atoms with Crippen LogP contribution in [0.5, 0.6) is 0 Å². The van der Waals surface area contributed by atoms with Crippen LogP contribution >= 0.6 is 7.82 Å². The van der Waals surface area contributed by atoms with Gasteiger partial charge in [-0.15, -0.1) is 0 Å². The van der Waals surface area contributed by atoms with Crippen molar-refractivity contribution in [2.24, 2.45) is 0 Å². The summed E-state index contributed by atoms with van der Waals surface area (Å²) >= 11 is 0. The number of rotatable bonds is 55. The monoisotopic (exact) mass is 1010 g/mol. The molecular weight excluding hydrogens is 888 g/mol. The number of allylic oxidation sites excluding steroid dienone is 7. The molecule has 0 aromatic heterocycles. The van der Waals surface area contributed by atoms with Crippen molar-refractivity contribution in [1.82, 2.24) is 5.32 Å². The number of carbonyl (C=O) groups excluding carboxylic acids is 1. The van der Waals surface area contributed by atoms with Crippen molar-refractivity contribution in [2.45, 2.75) is 296 Å². The molecule has 0 fully saturated rings. The lowest BCUT2D eigenvalue weighted by molar-refractivity contribution is -0.870. The van der Waals surface area contributed by atoms with Crippen LogP contribution in [0.15, 0.2) is 48.6 Å². The fraction of sp³-hybridized carbons (Fsp3) is 0.852. The quantitative estimate of drug-likeness (QED) is 0.0243. The number of unbranched alkanes of at least 4 members (excludes halogenated alkanes) is 36. The zero-order valence-corrected chi connectivity index (χ0v) is 47.9. The number of hydrogen-bond acceptors (Lipinski definition) is 5. The van der Waals surface area contributed by atoms with E-state index in [1.54, 1.807) is 6.08 Å². The molecule has 9 heteroatoms. The Kier molecular flexibility index (Phi) is 51.2. The normalized spacial score (nSPS) is 14.2. The number of quaternary nitrogens is 1. The first-order valence-corrected chi connectivity index (χ1v) is 31.5. The standard InChI is InChI=1S/C61H117N2O6P/c1-6-8-10-12-14-16-18-20-22-24-26-28-29-30-31-32-33-35-36-38-40-42-44-46-48-50-52-54-60(64)59(58-69-70(66,67)68-57-56-63(3,4)5)62-61(65)55-53-51-49-47-45-43-41-39-37-34-27-25-23-21-19-17-15-13-11-9-7-2/h19,21,25,27,37,39,52,54,59-60,64H,6-18,20,22-24,26,28-36,38,40-51,53,55-58H2,1-5H3,(H-,62,65,66,67)/p+1/b21-19-,27-25-,39-37-,54-52+. The Morgan fingerprint density at radius 1 is 0.486 bits per heavy atom. The van der Waals surface area contributed by atoms with Gasteiger partial charge in [0.25, 0.3) is 0 Å². The van der Waals surface area contributed by atoms with Crippen molar-refractivity contribution in [3.05, 3.63) is 48.6 Å². The smallest absolute Gasteiger partial charge is 0.387 e. The molecule has 3 N–H and O–H groups in total. The van der Waals surface area contributed by atoms with Crippen LogP contribution in [-0.2, 0) is 18.4 Å². The first-order chi connectivity index (χ1) is 34.0. The van der Waals surface area contributed by atoms with Crippen molar-refractivity contribution in [3.63, 3.8) is 0 Å². The van der Waals surface area contributed by atoms with Gasteiger partial charge in [-0.1, -0.05) is 268 Å². The second-order valence-corrected chi connectivity index (χ2v) is 23.2. The van der Waals surface area contributed by atoms with Gasteiger partial charge in [-0.05, 0) is 57.8 Å². The number of aliphatic hydroxyl groups excluding tert-OH is 1. The van der Waals surface area contributed by atoms with Crippen LogP contribution in [0.2, 0.25) is 0 Å². The van der Waals surface area contributed by atoms with E-state index in [9.17, 15) is 19.4 Å². The zero-order chi connectivity index (χ0) is 51.3. The number of carbonyl (C=O) groups is 1. The van der Waals surface area contributed by atoms with Gasteiger partial charge in [-0.2, -0.15) is 0 Å². The first kappa shape index (κ1) is 68.5. The summed E-state index contributed by atoms with van der Waals surface area (Å²) in [6, 6.07) is -0.856. The highest BCUT2D eigenvalue weighted by Crippen LogP contribution is 2.43. The number of amides is 1. The topological polar surface area (TPSA) is 105 Å². The second-order valence-electron chi connectivity index (χ2n) is 21.7. The Balaban J connectivity index is 4.21. The minimum Gasteiger partial charge on any atom is -0.387 e. The molecule has 0 aliphatic carbocycles. The number of phosphoric ester groups is 1. The fourth-order valence-corrected chi connectivity index (χ4v) is 9.55. The first-order valence-electron chi connectivity index (χ1n) is 30.0. The van der Waals surface area contributed by atoms with Crippen molar-refractivity contribution >= 4 is 13.7 Å². The van der Waals surface area contributed by atoms with E-state index in [-0.39, 0.29) is 19.1 Å². The molecular formula is C61H118N2O6P+. The lowest BCUT2D eigenvalue weighted by atomic mass is 10.0. The Bertz CT molecular complexity index is 1280. The van der Waals surface area contributed by atoms with Crippen molar-refractivity contribution < 1.29 is 32.9 Å². The lowest BCUT2D eigenvalue weighted by Gasteiger charge is -2.25.